The molecule has 2 unspecified atom stereocenters. The van der Waals surface area contributed by atoms with Crippen LogP contribution in [-0.4, -0.2) is 57.3 Å². The maximum Gasteiger partial charge on any atom is 0.459 e. The van der Waals surface area contributed by atoms with Crippen molar-refractivity contribution in [3.8, 4) is 16.9 Å². The molecule has 1 fully saturated rings. The highest BCUT2D eigenvalue weighted by Gasteiger charge is 2.56. The number of aromatic amines is 1. The van der Waals surface area contributed by atoms with E-state index in [4.69, 9.17) is 30.1 Å². The van der Waals surface area contributed by atoms with Gasteiger partial charge < -0.3 is 19.1 Å². The summed E-state index contributed by atoms with van der Waals surface area (Å²) in [7, 11) is -4.50. The summed E-state index contributed by atoms with van der Waals surface area (Å²) < 4.78 is 66.6. The van der Waals surface area contributed by atoms with Crippen molar-refractivity contribution < 1.29 is 41.8 Å². The number of aliphatic hydroxyl groups is 1. The number of hydrogen-bond acceptors (Lipinski definition) is 9. The predicted molar refractivity (Wildman–Crippen MR) is 156 cm³/mol. The molecule has 0 bridgehead atoms. The number of aromatic nitrogens is 2. The van der Waals surface area contributed by atoms with Crippen LogP contribution in [-0.2, 0) is 23.4 Å². The first-order chi connectivity index (χ1) is 20.6. The molecule has 0 amide bonds. The number of ether oxygens (including phenoxy) is 2. The van der Waals surface area contributed by atoms with E-state index in [9.17, 15) is 28.4 Å². The maximum atomic E-state index is 15.6. The largest absolute Gasteiger partial charge is 0.462 e. The Kier molecular flexibility index (Phi) is 10.1. The van der Waals surface area contributed by atoms with Gasteiger partial charge in [0, 0.05) is 22.8 Å². The summed E-state index contributed by atoms with van der Waals surface area (Å²) in [6, 6.07) is 9.70. The highest BCUT2D eigenvalue weighted by atomic mass is 35.5. The van der Waals surface area contributed by atoms with E-state index >= 15 is 4.39 Å². The lowest BCUT2D eigenvalue weighted by Gasteiger charge is -2.25. The molecule has 1 saturated heterocycles. The highest BCUT2D eigenvalue weighted by molar-refractivity contribution is 7.52. The zero-order valence-corrected chi connectivity index (χ0v) is 25.7. The van der Waals surface area contributed by atoms with Crippen LogP contribution in [0.1, 0.15) is 33.9 Å². The third-order valence-corrected chi connectivity index (χ3v) is 8.49. The molecule has 3 N–H and O–H groups in total. The van der Waals surface area contributed by atoms with Gasteiger partial charge in [-0.05, 0) is 63.6 Å². The minimum absolute atomic E-state index is 0.00994. The molecule has 1 aromatic heterocycles. The topological polar surface area (TPSA) is 158 Å². The van der Waals surface area contributed by atoms with Crippen LogP contribution in [0.5, 0.6) is 5.75 Å². The second-order valence-electron chi connectivity index (χ2n) is 10.5. The zero-order chi connectivity index (χ0) is 32.4. The van der Waals surface area contributed by atoms with Crippen molar-refractivity contribution in [3.05, 3.63) is 86.4 Å². The van der Waals surface area contributed by atoms with Gasteiger partial charge in [-0.1, -0.05) is 23.7 Å². The molecule has 0 spiro atoms. The summed E-state index contributed by atoms with van der Waals surface area (Å²) in [6.07, 6.45) is -4.50. The minimum Gasteiger partial charge on any atom is -0.462 e. The quantitative estimate of drug-likeness (QED) is 0.202. The van der Waals surface area contributed by atoms with E-state index in [0.29, 0.717) is 5.56 Å². The molecule has 1 aliphatic rings. The van der Waals surface area contributed by atoms with Crippen LogP contribution in [0.3, 0.4) is 0 Å². The Morgan fingerprint density at radius 1 is 1.20 bits per heavy atom. The molecular formula is C28H31ClF2N3O9P. The average Bonchev–Trinajstić information content (AvgIpc) is 3.15. The smallest absolute Gasteiger partial charge is 0.459 e. The fraction of sp³-hybridized carbons (Fsp3) is 0.393. The highest BCUT2D eigenvalue weighted by Crippen LogP contribution is 2.48. The Morgan fingerprint density at radius 3 is 2.50 bits per heavy atom. The molecule has 12 nitrogen and oxygen atoms in total. The molecule has 4 rings (SSSR count). The van der Waals surface area contributed by atoms with Crippen molar-refractivity contribution in [2.45, 2.75) is 63.9 Å². The van der Waals surface area contributed by atoms with Crippen molar-refractivity contribution >= 4 is 25.3 Å². The SMILES string of the molecule is CC(C)OC(=O)C(C)NP(=O)(OC[C@H]1O[C@@H](n2ccc(=O)[nH]c2=O)[C@](C)(F)[C@@H]1O)Oc1ccc(-c2ccc(Cl)cc2F)cc1. The minimum atomic E-state index is -4.50. The Bertz CT molecular complexity index is 1660. The van der Waals surface area contributed by atoms with Crippen LogP contribution < -0.4 is 20.9 Å². The summed E-state index contributed by atoms with van der Waals surface area (Å²) in [6.45, 7) is 4.87. The summed E-state index contributed by atoms with van der Waals surface area (Å²) in [5, 5.41) is 13.4. The molecule has 1 aliphatic heterocycles. The number of carbonyl (C=O) groups excluding carboxylic acids is 1. The lowest BCUT2D eigenvalue weighted by atomic mass is 9.98. The van der Waals surface area contributed by atoms with Crippen molar-refractivity contribution in [1.29, 1.82) is 0 Å². The van der Waals surface area contributed by atoms with Gasteiger partial charge in [-0.3, -0.25) is 23.7 Å². The first-order valence-corrected chi connectivity index (χ1v) is 15.3. The number of benzene rings is 2. The lowest BCUT2D eigenvalue weighted by Crippen LogP contribution is -2.43. The fourth-order valence-electron chi connectivity index (χ4n) is 4.41. The molecular weight excluding hydrogens is 627 g/mol. The molecule has 0 aliphatic carbocycles. The first-order valence-electron chi connectivity index (χ1n) is 13.4. The molecule has 0 saturated carbocycles. The Hall–Kier alpha value is -3.39. The Morgan fingerprint density at radius 2 is 1.89 bits per heavy atom. The Balaban J connectivity index is 1.56. The van der Waals surface area contributed by atoms with Crippen LogP contribution in [0.2, 0.25) is 5.02 Å². The third-order valence-electron chi connectivity index (χ3n) is 6.61. The number of aliphatic hydroxyl groups excluding tert-OH is 1. The standard InChI is InChI=1S/C28H31ClF2N3O9P/c1-15(2)41-25(37)16(3)33-44(39,43-19-8-5-17(6-9-19)20-10-7-18(29)13-21(20)30)40-14-22-24(36)28(4,31)26(42-22)34-12-11-23(35)32-27(34)38/h5-13,15-16,22,24,26,36H,14H2,1-4H3,(H,33,39)(H,32,35,38)/t16?,22-,24-,26-,28-,44?/m1/s1. The zero-order valence-electron chi connectivity index (χ0n) is 24.0. The number of hydrogen-bond donors (Lipinski definition) is 3. The van der Waals surface area contributed by atoms with Gasteiger partial charge in [0.05, 0.1) is 12.7 Å². The second-order valence-corrected chi connectivity index (χ2v) is 12.6. The van der Waals surface area contributed by atoms with Gasteiger partial charge in [0.25, 0.3) is 5.56 Å². The number of rotatable bonds is 11. The second kappa shape index (κ2) is 13.3. The average molecular weight is 658 g/mol. The molecule has 6 atom stereocenters. The van der Waals surface area contributed by atoms with Gasteiger partial charge in [-0.15, -0.1) is 0 Å². The lowest BCUT2D eigenvalue weighted by molar-refractivity contribution is -0.149. The van der Waals surface area contributed by atoms with Crippen LogP contribution in [0.4, 0.5) is 8.78 Å². The van der Waals surface area contributed by atoms with Gasteiger partial charge in [0.15, 0.2) is 11.9 Å². The van der Waals surface area contributed by atoms with Crippen LogP contribution in [0.25, 0.3) is 11.1 Å². The number of alkyl halides is 1. The fourth-order valence-corrected chi connectivity index (χ4v) is 6.07. The number of H-pyrrole nitrogens is 1. The predicted octanol–water partition coefficient (Wildman–Crippen LogP) is 4.12. The van der Waals surface area contributed by atoms with Crippen LogP contribution in [0.15, 0.2) is 64.3 Å². The number of esters is 1. The van der Waals surface area contributed by atoms with Crippen LogP contribution in [0, 0.1) is 5.82 Å². The van der Waals surface area contributed by atoms with E-state index in [1.165, 1.54) is 43.3 Å². The van der Waals surface area contributed by atoms with Gasteiger partial charge in [0.2, 0.25) is 0 Å². The van der Waals surface area contributed by atoms with E-state index < -0.39 is 73.6 Å². The molecule has 2 aromatic carbocycles. The van der Waals surface area contributed by atoms with Gasteiger partial charge in [-0.25, -0.2) is 18.1 Å². The number of nitrogens with one attached hydrogen (secondary N) is 2. The number of halogens is 3. The summed E-state index contributed by atoms with van der Waals surface area (Å²) in [4.78, 5) is 38.1. The number of carbonyl (C=O) groups is 1. The summed E-state index contributed by atoms with van der Waals surface area (Å²) in [5.74, 6) is -1.34. The molecule has 44 heavy (non-hydrogen) atoms. The van der Waals surface area contributed by atoms with E-state index in [-0.39, 0.29) is 16.3 Å². The van der Waals surface area contributed by atoms with Crippen molar-refractivity contribution in [1.82, 2.24) is 14.6 Å². The molecule has 2 heterocycles. The van der Waals surface area contributed by atoms with Gasteiger partial charge in [-0.2, -0.15) is 5.09 Å². The summed E-state index contributed by atoms with van der Waals surface area (Å²) in [5.41, 5.74) is -3.53. The van der Waals surface area contributed by atoms with Crippen molar-refractivity contribution in [3.63, 3.8) is 0 Å². The monoisotopic (exact) mass is 657 g/mol. The van der Waals surface area contributed by atoms with E-state index in [0.717, 1.165) is 29.8 Å². The van der Waals surface area contributed by atoms with Gasteiger partial charge >= 0.3 is 19.4 Å². The number of nitrogens with zero attached hydrogens (tertiary/aromatic N) is 1. The molecule has 0 radical (unpaired) electrons. The van der Waals surface area contributed by atoms with Crippen LogP contribution >= 0.6 is 19.3 Å². The molecule has 238 valence electrons. The summed E-state index contributed by atoms with van der Waals surface area (Å²) >= 11 is 5.83. The normalized spacial score (nSPS) is 23.7. The molecule has 16 heteroatoms. The van der Waals surface area contributed by atoms with Crippen molar-refractivity contribution in [2.75, 3.05) is 6.61 Å². The van der Waals surface area contributed by atoms with E-state index in [2.05, 4.69) is 5.09 Å². The van der Waals surface area contributed by atoms with E-state index in [1.54, 1.807) is 13.8 Å². The third kappa shape index (κ3) is 7.63. The van der Waals surface area contributed by atoms with Gasteiger partial charge in [0.1, 0.15) is 29.8 Å². The van der Waals surface area contributed by atoms with E-state index in [1.807, 2.05) is 4.98 Å². The molecule has 3 aromatic rings. The maximum absolute atomic E-state index is 15.6. The van der Waals surface area contributed by atoms with Crippen molar-refractivity contribution in [2.24, 2.45) is 0 Å². The Labute approximate surface area is 255 Å². The first kappa shape index (κ1) is 33.5.